The van der Waals surface area contributed by atoms with E-state index in [-0.39, 0.29) is 0 Å². The first-order valence-corrected chi connectivity index (χ1v) is 5.85. The summed E-state index contributed by atoms with van der Waals surface area (Å²) in [6.45, 7) is 0.543. The largest absolute Gasteiger partial charge is 0.480 e. The zero-order chi connectivity index (χ0) is 10.8. The minimum Gasteiger partial charge on any atom is -0.480 e. The van der Waals surface area contributed by atoms with Crippen molar-refractivity contribution in [3.63, 3.8) is 0 Å². The van der Waals surface area contributed by atoms with Crippen LogP contribution >= 0.6 is 0 Å². The molecule has 1 saturated carbocycles. The second-order valence-electron chi connectivity index (χ2n) is 4.73. The molecule has 1 heterocycles. The predicted molar refractivity (Wildman–Crippen MR) is 55.6 cm³/mol. The molecule has 2 aliphatic rings. The molecule has 15 heavy (non-hydrogen) atoms. The lowest BCUT2D eigenvalue weighted by molar-refractivity contribution is -0.143. The van der Waals surface area contributed by atoms with Crippen LogP contribution in [0.4, 0.5) is 0 Å². The highest BCUT2D eigenvalue weighted by Gasteiger charge is 2.39. The summed E-state index contributed by atoms with van der Waals surface area (Å²) < 4.78 is 0. The summed E-state index contributed by atoms with van der Waals surface area (Å²) in [6.07, 6.45) is 5.80. The van der Waals surface area contributed by atoms with Crippen LogP contribution in [-0.4, -0.2) is 45.8 Å². The van der Waals surface area contributed by atoms with E-state index in [2.05, 4.69) is 0 Å². The highest BCUT2D eigenvalue weighted by molar-refractivity contribution is 5.74. The average Bonchev–Trinajstić information content (AvgIpc) is 2.62. The third kappa shape index (κ3) is 2.32. The summed E-state index contributed by atoms with van der Waals surface area (Å²) in [4.78, 5) is 13.1. The van der Waals surface area contributed by atoms with E-state index in [1.54, 1.807) is 0 Å². The number of aliphatic hydroxyl groups excluding tert-OH is 1. The number of aliphatic hydroxyl groups is 1. The maximum absolute atomic E-state index is 11.0. The van der Waals surface area contributed by atoms with Crippen molar-refractivity contribution in [1.82, 2.24) is 4.90 Å². The predicted octanol–water partition coefficient (Wildman–Crippen LogP) is 0.839. The van der Waals surface area contributed by atoms with Crippen molar-refractivity contribution < 1.29 is 15.0 Å². The van der Waals surface area contributed by atoms with E-state index in [1.807, 2.05) is 4.90 Å². The number of carbonyl (C=O) groups is 1. The second kappa shape index (κ2) is 4.49. The van der Waals surface area contributed by atoms with Gasteiger partial charge in [0, 0.05) is 19.0 Å². The van der Waals surface area contributed by atoms with E-state index >= 15 is 0 Å². The Bertz CT molecular complexity index is 238. The van der Waals surface area contributed by atoms with E-state index in [0.717, 1.165) is 12.8 Å². The van der Waals surface area contributed by atoms with Crippen LogP contribution in [0.25, 0.3) is 0 Å². The van der Waals surface area contributed by atoms with Crippen molar-refractivity contribution in [1.29, 1.82) is 0 Å². The fourth-order valence-electron chi connectivity index (χ4n) is 2.90. The molecule has 0 bridgehead atoms. The molecule has 2 atom stereocenters. The van der Waals surface area contributed by atoms with Gasteiger partial charge in [-0.05, 0) is 12.8 Å². The SMILES string of the molecule is O=C(O)[C@@H]1C[C@H](O)CN1C1CCCCC1. The molecule has 0 aromatic heterocycles. The van der Waals surface area contributed by atoms with Crippen LogP contribution in [-0.2, 0) is 4.79 Å². The maximum Gasteiger partial charge on any atom is 0.321 e. The average molecular weight is 213 g/mol. The molecule has 0 aromatic rings. The van der Waals surface area contributed by atoms with Gasteiger partial charge in [-0.15, -0.1) is 0 Å². The molecule has 1 saturated heterocycles. The maximum atomic E-state index is 11.0. The number of likely N-dealkylation sites (tertiary alicyclic amines) is 1. The lowest BCUT2D eigenvalue weighted by atomic mass is 9.94. The molecule has 1 aliphatic heterocycles. The van der Waals surface area contributed by atoms with E-state index in [4.69, 9.17) is 5.11 Å². The molecular formula is C11H19NO3. The highest BCUT2D eigenvalue weighted by Crippen LogP contribution is 2.29. The number of aliphatic carboxylic acids is 1. The minimum absolute atomic E-state index is 0.386. The van der Waals surface area contributed by atoms with Crippen LogP contribution in [0, 0.1) is 0 Å². The fourth-order valence-corrected chi connectivity index (χ4v) is 2.90. The summed E-state index contributed by atoms with van der Waals surface area (Å²) in [5.41, 5.74) is 0. The Labute approximate surface area is 89.9 Å². The molecule has 2 fully saturated rings. The smallest absolute Gasteiger partial charge is 0.321 e. The Hall–Kier alpha value is -0.610. The van der Waals surface area contributed by atoms with Gasteiger partial charge in [0.15, 0.2) is 0 Å². The van der Waals surface area contributed by atoms with Gasteiger partial charge in [0.2, 0.25) is 0 Å². The Morgan fingerprint density at radius 1 is 1.20 bits per heavy atom. The number of carboxylic acid groups (broad SMARTS) is 1. The van der Waals surface area contributed by atoms with Crippen LogP contribution in [0.5, 0.6) is 0 Å². The number of carboxylic acids is 1. The second-order valence-corrected chi connectivity index (χ2v) is 4.73. The first-order valence-electron chi connectivity index (χ1n) is 5.85. The van der Waals surface area contributed by atoms with Gasteiger partial charge in [-0.2, -0.15) is 0 Å². The molecule has 0 unspecified atom stereocenters. The Kier molecular flexibility index (Phi) is 3.26. The van der Waals surface area contributed by atoms with Crippen molar-refractivity contribution in [3.8, 4) is 0 Å². The number of hydrogen-bond acceptors (Lipinski definition) is 3. The first-order chi connectivity index (χ1) is 7.18. The van der Waals surface area contributed by atoms with Crippen molar-refractivity contribution in [2.45, 2.75) is 56.7 Å². The van der Waals surface area contributed by atoms with Gasteiger partial charge in [-0.3, -0.25) is 9.69 Å². The van der Waals surface area contributed by atoms with Gasteiger partial charge >= 0.3 is 5.97 Å². The van der Waals surface area contributed by atoms with E-state index in [9.17, 15) is 9.90 Å². The lowest BCUT2D eigenvalue weighted by Gasteiger charge is -2.33. The fraction of sp³-hybridized carbons (Fsp3) is 0.909. The summed E-state index contributed by atoms with van der Waals surface area (Å²) in [6, 6.07) is -0.0694. The molecule has 4 nitrogen and oxygen atoms in total. The molecule has 0 amide bonds. The number of β-amino-alcohol motifs (C(OH)–C–C–N with tert-alkyl or cyclic N) is 1. The molecule has 1 aliphatic carbocycles. The molecule has 2 rings (SSSR count). The van der Waals surface area contributed by atoms with Crippen LogP contribution in [0.15, 0.2) is 0 Å². The van der Waals surface area contributed by atoms with Crippen LogP contribution < -0.4 is 0 Å². The Morgan fingerprint density at radius 3 is 2.47 bits per heavy atom. The van der Waals surface area contributed by atoms with Crippen LogP contribution in [0.2, 0.25) is 0 Å². The molecule has 2 N–H and O–H groups in total. The molecular weight excluding hydrogens is 194 g/mol. The lowest BCUT2D eigenvalue weighted by Crippen LogP contribution is -2.44. The van der Waals surface area contributed by atoms with Crippen molar-refractivity contribution in [2.24, 2.45) is 0 Å². The van der Waals surface area contributed by atoms with Gasteiger partial charge < -0.3 is 10.2 Å². The van der Waals surface area contributed by atoms with Gasteiger partial charge in [-0.1, -0.05) is 19.3 Å². The summed E-state index contributed by atoms with van der Waals surface area (Å²) >= 11 is 0. The minimum atomic E-state index is -0.780. The van der Waals surface area contributed by atoms with Crippen LogP contribution in [0.1, 0.15) is 38.5 Å². The molecule has 4 heteroatoms. The zero-order valence-electron chi connectivity index (χ0n) is 8.93. The monoisotopic (exact) mass is 213 g/mol. The van der Waals surface area contributed by atoms with Gasteiger partial charge in [0.1, 0.15) is 6.04 Å². The molecule has 0 radical (unpaired) electrons. The number of nitrogens with zero attached hydrogens (tertiary/aromatic N) is 1. The third-order valence-corrected chi connectivity index (χ3v) is 3.65. The van der Waals surface area contributed by atoms with E-state index < -0.39 is 18.1 Å². The standard InChI is InChI=1S/C11H19NO3/c13-9-6-10(11(14)15)12(7-9)8-4-2-1-3-5-8/h8-10,13H,1-7H2,(H,14,15)/t9-,10-/m0/s1. The summed E-state index contributed by atoms with van der Waals surface area (Å²) in [5, 5.41) is 18.6. The van der Waals surface area contributed by atoms with Gasteiger partial charge in [0.05, 0.1) is 6.10 Å². The quantitative estimate of drug-likeness (QED) is 0.713. The van der Waals surface area contributed by atoms with Gasteiger partial charge in [0.25, 0.3) is 0 Å². The topological polar surface area (TPSA) is 60.8 Å². The summed E-state index contributed by atoms with van der Waals surface area (Å²) in [7, 11) is 0. The Balaban J connectivity index is 2.02. The van der Waals surface area contributed by atoms with E-state index in [0.29, 0.717) is 19.0 Å². The molecule has 0 spiro atoms. The summed E-state index contributed by atoms with van der Waals surface area (Å²) in [5.74, 6) is -0.780. The third-order valence-electron chi connectivity index (χ3n) is 3.65. The van der Waals surface area contributed by atoms with Crippen molar-refractivity contribution in [3.05, 3.63) is 0 Å². The normalized spacial score (nSPS) is 34.5. The van der Waals surface area contributed by atoms with Gasteiger partial charge in [-0.25, -0.2) is 0 Å². The van der Waals surface area contributed by atoms with Crippen LogP contribution in [0.3, 0.4) is 0 Å². The highest BCUT2D eigenvalue weighted by atomic mass is 16.4. The van der Waals surface area contributed by atoms with E-state index in [1.165, 1.54) is 19.3 Å². The number of hydrogen-bond donors (Lipinski definition) is 2. The molecule has 86 valence electrons. The zero-order valence-corrected chi connectivity index (χ0v) is 8.93. The first kappa shape index (κ1) is 10.9. The number of rotatable bonds is 2. The van der Waals surface area contributed by atoms with Crippen molar-refractivity contribution >= 4 is 5.97 Å². The molecule has 0 aromatic carbocycles. The Morgan fingerprint density at radius 2 is 1.87 bits per heavy atom. The van der Waals surface area contributed by atoms with Crippen molar-refractivity contribution in [2.75, 3.05) is 6.54 Å².